The number of aromatic nitrogens is 1. The van der Waals surface area contributed by atoms with Gasteiger partial charge in [-0.15, -0.1) is 0 Å². The van der Waals surface area contributed by atoms with E-state index in [-0.39, 0.29) is 0 Å². The van der Waals surface area contributed by atoms with Crippen LogP contribution < -0.4 is 10.6 Å². The number of alkyl halides is 3. The molecule has 1 aliphatic heterocycles. The third kappa shape index (κ3) is 5.22. The van der Waals surface area contributed by atoms with E-state index in [2.05, 4.69) is 27.6 Å². The molecule has 0 radical (unpaired) electrons. The maximum Gasteiger partial charge on any atom is 0.416 e. The lowest BCUT2D eigenvalue weighted by molar-refractivity contribution is -0.137. The number of carbonyl (C=O) groups is 1. The van der Waals surface area contributed by atoms with Crippen molar-refractivity contribution in [2.24, 2.45) is 5.92 Å². The molecule has 2 aromatic rings. The molecule has 0 aliphatic carbocycles. The first-order chi connectivity index (χ1) is 13.3. The molecule has 150 valence electrons. The van der Waals surface area contributed by atoms with Crippen molar-refractivity contribution in [1.29, 1.82) is 0 Å². The second-order valence-corrected chi connectivity index (χ2v) is 7.06. The number of likely N-dealkylation sites (tertiary alicyclic amines) is 1. The molecule has 1 aliphatic rings. The highest BCUT2D eigenvalue weighted by Gasteiger charge is 2.30. The molecule has 0 unspecified atom stereocenters. The Kier molecular flexibility index (Phi) is 6.18. The zero-order chi connectivity index (χ0) is 20.1. The lowest BCUT2D eigenvalue weighted by Crippen LogP contribution is -2.33. The Labute approximate surface area is 162 Å². The van der Waals surface area contributed by atoms with Crippen LogP contribution in [0.4, 0.5) is 24.7 Å². The van der Waals surface area contributed by atoms with Crippen LogP contribution in [0, 0.1) is 5.92 Å². The molecule has 5 nitrogen and oxygen atoms in total. The number of amides is 1. The zero-order valence-corrected chi connectivity index (χ0v) is 15.6. The van der Waals surface area contributed by atoms with Crippen molar-refractivity contribution < 1.29 is 18.0 Å². The van der Waals surface area contributed by atoms with Crippen LogP contribution in [0.2, 0.25) is 0 Å². The van der Waals surface area contributed by atoms with Crippen molar-refractivity contribution in [3.8, 4) is 0 Å². The van der Waals surface area contributed by atoms with Crippen molar-refractivity contribution >= 4 is 17.4 Å². The quantitative estimate of drug-likeness (QED) is 0.804. The lowest BCUT2D eigenvalue weighted by atomic mass is 9.97. The van der Waals surface area contributed by atoms with E-state index in [1.165, 1.54) is 12.1 Å². The molecular weight excluding hydrogens is 369 g/mol. The first kappa shape index (κ1) is 20.1. The predicted octanol–water partition coefficient (Wildman–Crippen LogP) is 4.11. The Morgan fingerprint density at radius 3 is 2.50 bits per heavy atom. The molecule has 3 rings (SSSR count). The Morgan fingerprint density at radius 1 is 1.18 bits per heavy atom. The highest BCUT2D eigenvalue weighted by molar-refractivity contribution is 6.07. The summed E-state index contributed by atoms with van der Waals surface area (Å²) in [7, 11) is 2.10. The largest absolute Gasteiger partial charge is 0.416 e. The highest BCUT2D eigenvalue weighted by Crippen LogP contribution is 2.30. The zero-order valence-electron chi connectivity index (χ0n) is 15.6. The summed E-state index contributed by atoms with van der Waals surface area (Å²) in [6.45, 7) is 2.83. The van der Waals surface area contributed by atoms with Gasteiger partial charge in [-0.2, -0.15) is 13.2 Å². The summed E-state index contributed by atoms with van der Waals surface area (Å²) in [5.41, 5.74) is -0.106. The van der Waals surface area contributed by atoms with E-state index in [0.717, 1.165) is 44.6 Å². The van der Waals surface area contributed by atoms with Gasteiger partial charge in [0.05, 0.1) is 11.1 Å². The summed E-state index contributed by atoms with van der Waals surface area (Å²) in [5, 5.41) is 5.88. The monoisotopic (exact) mass is 392 g/mol. The molecule has 1 aromatic heterocycles. The molecule has 0 spiro atoms. The average molecular weight is 392 g/mol. The van der Waals surface area contributed by atoms with Gasteiger partial charge < -0.3 is 15.5 Å². The number of benzene rings is 1. The van der Waals surface area contributed by atoms with Crippen LogP contribution >= 0.6 is 0 Å². The van der Waals surface area contributed by atoms with Gasteiger partial charge in [-0.25, -0.2) is 4.98 Å². The Balaban J connectivity index is 1.64. The van der Waals surface area contributed by atoms with Crippen LogP contribution in [-0.4, -0.2) is 42.5 Å². The molecule has 0 bridgehead atoms. The number of anilines is 2. The first-order valence-electron chi connectivity index (χ1n) is 9.19. The number of hydrogen-bond acceptors (Lipinski definition) is 4. The topological polar surface area (TPSA) is 57.3 Å². The number of carbonyl (C=O) groups excluding carboxylic acids is 1. The number of piperidine rings is 1. The number of rotatable bonds is 5. The van der Waals surface area contributed by atoms with Gasteiger partial charge >= 0.3 is 6.18 Å². The van der Waals surface area contributed by atoms with Gasteiger partial charge in [-0.3, -0.25) is 4.79 Å². The number of nitrogens with one attached hydrogen (secondary N) is 2. The summed E-state index contributed by atoms with van der Waals surface area (Å²) in [5.74, 6) is 0.577. The van der Waals surface area contributed by atoms with Gasteiger partial charge in [-0.1, -0.05) is 0 Å². The van der Waals surface area contributed by atoms with Crippen LogP contribution in [0.1, 0.15) is 28.8 Å². The molecule has 8 heteroatoms. The lowest BCUT2D eigenvalue weighted by Gasteiger charge is -2.29. The van der Waals surface area contributed by atoms with Crippen LogP contribution in [0.15, 0.2) is 42.6 Å². The molecule has 1 fully saturated rings. The minimum Gasteiger partial charge on any atom is -0.369 e. The van der Waals surface area contributed by atoms with Crippen molar-refractivity contribution in [3.05, 3.63) is 53.7 Å². The second-order valence-electron chi connectivity index (χ2n) is 7.06. The summed E-state index contributed by atoms with van der Waals surface area (Å²) < 4.78 is 38.0. The standard InChI is InChI=1S/C20H23F3N4O/c1-27-11-8-14(9-12-27)13-25-18-17(3-2-10-24-18)19(28)26-16-6-4-15(5-7-16)20(21,22)23/h2-7,10,14H,8-9,11-13H2,1H3,(H,24,25)(H,26,28). The Bertz CT molecular complexity index is 800. The molecule has 1 aromatic carbocycles. The SMILES string of the molecule is CN1CCC(CNc2ncccc2C(=O)Nc2ccc(C(F)(F)F)cc2)CC1. The fourth-order valence-corrected chi connectivity index (χ4v) is 3.18. The number of pyridine rings is 1. The summed E-state index contributed by atoms with van der Waals surface area (Å²) in [6.07, 6.45) is -0.629. The predicted molar refractivity (Wildman–Crippen MR) is 102 cm³/mol. The van der Waals surface area contributed by atoms with Crippen LogP contribution in [0.3, 0.4) is 0 Å². The normalized spacial score (nSPS) is 16.0. The molecule has 2 N–H and O–H groups in total. The van der Waals surface area contributed by atoms with E-state index in [0.29, 0.717) is 23.0 Å². The molecule has 1 saturated heterocycles. The number of nitrogens with zero attached hydrogens (tertiary/aromatic N) is 2. The maximum absolute atomic E-state index is 12.7. The van der Waals surface area contributed by atoms with Crippen molar-refractivity contribution in [3.63, 3.8) is 0 Å². The van der Waals surface area contributed by atoms with Gasteiger partial charge in [0.15, 0.2) is 0 Å². The van der Waals surface area contributed by atoms with E-state index in [4.69, 9.17) is 0 Å². The summed E-state index contributed by atoms with van der Waals surface area (Å²) in [4.78, 5) is 19.1. The van der Waals surface area contributed by atoms with Crippen LogP contribution in [0.5, 0.6) is 0 Å². The molecule has 2 heterocycles. The molecule has 0 saturated carbocycles. The Morgan fingerprint density at radius 2 is 1.86 bits per heavy atom. The Hall–Kier alpha value is -2.61. The fraction of sp³-hybridized carbons (Fsp3) is 0.400. The third-order valence-corrected chi connectivity index (χ3v) is 4.92. The van der Waals surface area contributed by atoms with Gasteiger partial charge in [0.25, 0.3) is 5.91 Å². The van der Waals surface area contributed by atoms with E-state index in [9.17, 15) is 18.0 Å². The number of halogens is 3. The van der Waals surface area contributed by atoms with Crippen molar-refractivity contribution in [2.45, 2.75) is 19.0 Å². The molecular formula is C20H23F3N4O. The van der Waals surface area contributed by atoms with Crippen LogP contribution in [0.25, 0.3) is 0 Å². The molecule has 28 heavy (non-hydrogen) atoms. The third-order valence-electron chi connectivity index (χ3n) is 4.92. The second kappa shape index (κ2) is 8.60. The minimum absolute atomic E-state index is 0.295. The van der Waals surface area contributed by atoms with E-state index in [1.807, 2.05) is 0 Å². The minimum atomic E-state index is -4.41. The van der Waals surface area contributed by atoms with Gasteiger partial charge in [0.1, 0.15) is 5.82 Å². The van der Waals surface area contributed by atoms with Crippen molar-refractivity contribution in [2.75, 3.05) is 37.3 Å². The summed E-state index contributed by atoms with van der Waals surface area (Å²) >= 11 is 0. The van der Waals surface area contributed by atoms with Gasteiger partial charge in [0, 0.05) is 18.4 Å². The van der Waals surface area contributed by atoms with Gasteiger partial charge in [-0.05, 0) is 75.3 Å². The van der Waals surface area contributed by atoms with E-state index >= 15 is 0 Å². The average Bonchev–Trinajstić information content (AvgIpc) is 2.67. The smallest absolute Gasteiger partial charge is 0.369 e. The maximum atomic E-state index is 12.7. The highest BCUT2D eigenvalue weighted by atomic mass is 19.4. The molecule has 0 atom stereocenters. The van der Waals surface area contributed by atoms with E-state index in [1.54, 1.807) is 18.3 Å². The fourth-order valence-electron chi connectivity index (χ4n) is 3.18. The van der Waals surface area contributed by atoms with Crippen LogP contribution in [-0.2, 0) is 6.18 Å². The number of hydrogen-bond donors (Lipinski definition) is 2. The van der Waals surface area contributed by atoms with E-state index < -0.39 is 17.6 Å². The van der Waals surface area contributed by atoms with Gasteiger partial charge in [0.2, 0.25) is 0 Å². The molecule has 1 amide bonds. The first-order valence-corrected chi connectivity index (χ1v) is 9.19. The van der Waals surface area contributed by atoms with Crippen molar-refractivity contribution in [1.82, 2.24) is 9.88 Å². The summed E-state index contributed by atoms with van der Waals surface area (Å²) in [6, 6.07) is 7.66.